The SMILES string of the molecule is CCOC(=O)c1ccc(Nc2ccc3c(c2)/C(=C/Nc2ccc(CN4CCCCC4)cc2)C(=O)NC3=O)cc1. The highest BCUT2D eigenvalue weighted by atomic mass is 16.5. The van der Waals surface area contributed by atoms with E-state index in [-0.39, 0.29) is 5.97 Å². The summed E-state index contributed by atoms with van der Waals surface area (Å²) in [6.45, 7) is 5.32. The van der Waals surface area contributed by atoms with E-state index in [0.717, 1.165) is 31.0 Å². The third-order valence-electron chi connectivity index (χ3n) is 6.90. The van der Waals surface area contributed by atoms with Crippen LogP contribution in [-0.4, -0.2) is 42.4 Å². The van der Waals surface area contributed by atoms with E-state index in [4.69, 9.17) is 4.74 Å². The predicted octanol–water partition coefficient (Wildman–Crippen LogP) is 5.32. The molecule has 0 saturated carbocycles. The first kappa shape index (κ1) is 26.2. The number of ether oxygens (including phenoxy) is 1. The molecule has 0 bridgehead atoms. The zero-order valence-electron chi connectivity index (χ0n) is 22.0. The Hall–Kier alpha value is -4.43. The fraction of sp³-hybridized carbons (Fsp3) is 0.258. The molecule has 8 heteroatoms. The molecule has 2 heterocycles. The summed E-state index contributed by atoms with van der Waals surface area (Å²) in [4.78, 5) is 39.7. The third-order valence-corrected chi connectivity index (χ3v) is 6.90. The summed E-state index contributed by atoms with van der Waals surface area (Å²) in [6, 6.07) is 20.4. The fourth-order valence-electron chi connectivity index (χ4n) is 4.85. The summed E-state index contributed by atoms with van der Waals surface area (Å²) < 4.78 is 5.03. The first-order valence-corrected chi connectivity index (χ1v) is 13.3. The lowest BCUT2D eigenvalue weighted by Gasteiger charge is -2.26. The molecule has 2 amide bonds. The minimum Gasteiger partial charge on any atom is -0.462 e. The highest BCUT2D eigenvalue weighted by molar-refractivity contribution is 6.31. The normalized spacial score (nSPS) is 16.4. The fourth-order valence-corrected chi connectivity index (χ4v) is 4.85. The van der Waals surface area contributed by atoms with Gasteiger partial charge in [0, 0.05) is 40.9 Å². The van der Waals surface area contributed by atoms with Crippen molar-refractivity contribution in [1.82, 2.24) is 10.2 Å². The van der Waals surface area contributed by atoms with Gasteiger partial charge in [-0.25, -0.2) is 4.79 Å². The Balaban J connectivity index is 1.31. The number of anilines is 3. The number of carbonyl (C=O) groups is 3. The van der Waals surface area contributed by atoms with E-state index in [1.807, 2.05) is 12.1 Å². The standard InChI is InChI=1S/C31H32N4O4/c1-2-39-31(38)22-8-12-24(13-9-22)33-25-14-15-26-27(18-25)28(30(37)34-29(26)36)19-32-23-10-6-21(7-11-23)20-35-16-4-3-5-17-35/h6-15,18-19,32-33H,2-5,16-17,20H2,1H3,(H,34,36,37)/b28-19-. The Bertz CT molecular complexity index is 1390. The number of esters is 1. The lowest BCUT2D eigenvalue weighted by Crippen LogP contribution is -2.36. The maximum atomic E-state index is 12.8. The number of nitrogens with one attached hydrogen (secondary N) is 3. The molecule has 2 aliphatic heterocycles. The minimum absolute atomic E-state index is 0.314. The van der Waals surface area contributed by atoms with Crippen molar-refractivity contribution in [3.63, 3.8) is 0 Å². The van der Waals surface area contributed by atoms with Gasteiger partial charge in [0.2, 0.25) is 0 Å². The number of likely N-dealkylation sites (tertiary alicyclic amines) is 1. The van der Waals surface area contributed by atoms with Crippen LogP contribution in [0.1, 0.15) is 58.0 Å². The van der Waals surface area contributed by atoms with Crippen molar-refractivity contribution in [1.29, 1.82) is 0 Å². The molecular formula is C31H32N4O4. The average molecular weight is 525 g/mol. The van der Waals surface area contributed by atoms with Crippen molar-refractivity contribution >= 4 is 40.4 Å². The van der Waals surface area contributed by atoms with E-state index < -0.39 is 11.8 Å². The van der Waals surface area contributed by atoms with E-state index in [9.17, 15) is 14.4 Å². The number of fused-ring (bicyclic) bond motifs is 1. The summed E-state index contributed by atoms with van der Waals surface area (Å²) in [7, 11) is 0. The third kappa shape index (κ3) is 6.35. The predicted molar refractivity (Wildman–Crippen MR) is 152 cm³/mol. The van der Waals surface area contributed by atoms with Crippen molar-refractivity contribution in [2.24, 2.45) is 0 Å². The quantitative estimate of drug-likeness (QED) is 0.208. The van der Waals surface area contributed by atoms with Gasteiger partial charge in [0.1, 0.15) is 0 Å². The van der Waals surface area contributed by atoms with Gasteiger partial charge in [-0.05, 0) is 93.0 Å². The molecule has 0 unspecified atom stereocenters. The second kappa shape index (κ2) is 12.0. The molecule has 0 radical (unpaired) electrons. The van der Waals surface area contributed by atoms with Crippen molar-refractivity contribution in [2.45, 2.75) is 32.7 Å². The molecule has 200 valence electrons. The number of imide groups is 1. The van der Waals surface area contributed by atoms with Crippen LogP contribution in [0, 0.1) is 0 Å². The van der Waals surface area contributed by atoms with E-state index in [1.165, 1.54) is 24.8 Å². The molecule has 2 aliphatic rings. The Morgan fingerprint density at radius 2 is 1.56 bits per heavy atom. The molecule has 5 rings (SSSR count). The number of amides is 2. The molecule has 1 saturated heterocycles. The number of nitrogens with zero attached hydrogens (tertiary/aromatic N) is 1. The van der Waals surface area contributed by atoms with Gasteiger partial charge in [0.05, 0.1) is 17.7 Å². The van der Waals surface area contributed by atoms with Gasteiger partial charge in [-0.3, -0.25) is 19.8 Å². The molecule has 8 nitrogen and oxygen atoms in total. The number of carbonyl (C=O) groups excluding carboxylic acids is 3. The monoisotopic (exact) mass is 524 g/mol. The number of piperidine rings is 1. The highest BCUT2D eigenvalue weighted by Gasteiger charge is 2.27. The van der Waals surface area contributed by atoms with Crippen LogP contribution in [0.15, 0.2) is 72.9 Å². The van der Waals surface area contributed by atoms with E-state index in [0.29, 0.717) is 34.6 Å². The molecule has 0 spiro atoms. The van der Waals surface area contributed by atoms with Gasteiger partial charge in [-0.1, -0.05) is 18.6 Å². The van der Waals surface area contributed by atoms with E-state index >= 15 is 0 Å². The molecule has 39 heavy (non-hydrogen) atoms. The maximum Gasteiger partial charge on any atom is 0.338 e. The first-order chi connectivity index (χ1) is 19.0. The van der Waals surface area contributed by atoms with Crippen LogP contribution in [0.5, 0.6) is 0 Å². The molecule has 1 fully saturated rings. The minimum atomic E-state index is -0.461. The Morgan fingerprint density at radius 1 is 0.872 bits per heavy atom. The van der Waals surface area contributed by atoms with Gasteiger partial charge in [0.25, 0.3) is 11.8 Å². The first-order valence-electron chi connectivity index (χ1n) is 13.3. The summed E-state index contributed by atoms with van der Waals surface area (Å²) in [5, 5.41) is 8.90. The highest BCUT2D eigenvalue weighted by Crippen LogP contribution is 2.29. The number of hydrogen-bond acceptors (Lipinski definition) is 7. The molecule has 0 aliphatic carbocycles. The second-order valence-corrected chi connectivity index (χ2v) is 9.70. The van der Waals surface area contributed by atoms with E-state index in [1.54, 1.807) is 55.6 Å². The van der Waals surface area contributed by atoms with Crippen LogP contribution < -0.4 is 16.0 Å². The number of benzene rings is 3. The molecular weight excluding hydrogens is 492 g/mol. The Kier molecular flexibility index (Phi) is 8.03. The largest absolute Gasteiger partial charge is 0.462 e. The van der Waals surface area contributed by atoms with Crippen molar-refractivity contribution in [3.8, 4) is 0 Å². The van der Waals surface area contributed by atoms with Crippen molar-refractivity contribution in [3.05, 3.63) is 95.2 Å². The molecule has 3 aromatic carbocycles. The van der Waals surface area contributed by atoms with Crippen LogP contribution in [0.25, 0.3) is 5.57 Å². The van der Waals surface area contributed by atoms with Crippen LogP contribution in [0.4, 0.5) is 17.1 Å². The lowest BCUT2D eigenvalue weighted by molar-refractivity contribution is -0.114. The Morgan fingerprint density at radius 3 is 2.28 bits per heavy atom. The van der Waals surface area contributed by atoms with Crippen LogP contribution in [0.2, 0.25) is 0 Å². The summed E-state index contributed by atoms with van der Waals surface area (Å²) >= 11 is 0. The van der Waals surface area contributed by atoms with E-state index in [2.05, 4.69) is 33.0 Å². The Labute approximate surface area is 228 Å². The van der Waals surface area contributed by atoms with Gasteiger partial charge < -0.3 is 15.4 Å². The lowest BCUT2D eigenvalue weighted by atomic mass is 9.94. The maximum absolute atomic E-state index is 12.8. The summed E-state index contributed by atoms with van der Waals surface area (Å²) in [5.74, 6) is -1.27. The number of rotatable bonds is 8. The summed E-state index contributed by atoms with van der Waals surface area (Å²) in [5.41, 5.74) is 5.35. The van der Waals surface area contributed by atoms with Crippen LogP contribution >= 0.6 is 0 Å². The van der Waals surface area contributed by atoms with Gasteiger partial charge in [-0.15, -0.1) is 0 Å². The van der Waals surface area contributed by atoms with Crippen molar-refractivity contribution < 1.29 is 19.1 Å². The second-order valence-electron chi connectivity index (χ2n) is 9.70. The molecule has 0 atom stereocenters. The van der Waals surface area contributed by atoms with Crippen LogP contribution in [-0.2, 0) is 16.1 Å². The zero-order valence-corrected chi connectivity index (χ0v) is 22.0. The molecule has 0 aromatic heterocycles. The zero-order chi connectivity index (χ0) is 27.2. The van der Waals surface area contributed by atoms with Gasteiger partial charge in [0.15, 0.2) is 0 Å². The smallest absolute Gasteiger partial charge is 0.338 e. The van der Waals surface area contributed by atoms with Gasteiger partial charge in [-0.2, -0.15) is 0 Å². The summed E-state index contributed by atoms with van der Waals surface area (Å²) in [6.07, 6.45) is 5.48. The average Bonchev–Trinajstić information content (AvgIpc) is 2.95. The number of hydrogen-bond donors (Lipinski definition) is 3. The van der Waals surface area contributed by atoms with Gasteiger partial charge >= 0.3 is 5.97 Å². The molecule has 3 aromatic rings. The topological polar surface area (TPSA) is 99.8 Å². The molecule has 3 N–H and O–H groups in total. The van der Waals surface area contributed by atoms with Crippen molar-refractivity contribution in [2.75, 3.05) is 30.3 Å². The van der Waals surface area contributed by atoms with Crippen LogP contribution in [0.3, 0.4) is 0 Å².